The molecule has 142 valence electrons. The first kappa shape index (κ1) is 23.3. The van der Waals surface area contributed by atoms with Gasteiger partial charge in [0.1, 0.15) is 6.61 Å². The van der Waals surface area contributed by atoms with E-state index in [2.05, 4.69) is 20.4 Å². The van der Waals surface area contributed by atoms with Crippen LogP contribution < -0.4 is 0 Å². The SMILES string of the molecule is C=CC(=O)OCCOP(=O)(OCCCCCC)OCCCCCC. The van der Waals surface area contributed by atoms with Crippen molar-refractivity contribution in [3.05, 3.63) is 12.7 Å². The Hall–Kier alpha value is -0.680. The molecule has 24 heavy (non-hydrogen) atoms. The lowest BCUT2D eigenvalue weighted by Gasteiger charge is -2.18. The van der Waals surface area contributed by atoms with Crippen LogP contribution in [0.3, 0.4) is 0 Å². The van der Waals surface area contributed by atoms with Gasteiger partial charge < -0.3 is 4.74 Å². The fourth-order valence-electron chi connectivity index (χ4n) is 1.87. The predicted molar refractivity (Wildman–Crippen MR) is 94.9 cm³/mol. The summed E-state index contributed by atoms with van der Waals surface area (Å²) in [4.78, 5) is 11.0. The van der Waals surface area contributed by atoms with Crippen molar-refractivity contribution in [2.45, 2.75) is 65.2 Å². The van der Waals surface area contributed by atoms with Crippen LogP contribution in [0.1, 0.15) is 65.2 Å². The minimum Gasteiger partial charge on any atom is -0.460 e. The molecule has 0 amide bonds. The highest BCUT2D eigenvalue weighted by molar-refractivity contribution is 7.48. The number of carbonyl (C=O) groups is 1. The minimum absolute atomic E-state index is 0.0206. The lowest BCUT2D eigenvalue weighted by atomic mass is 10.2. The van der Waals surface area contributed by atoms with Gasteiger partial charge in [0.25, 0.3) is 0 Å². The summed E-state index contributed by atoms with van der Waals surface area (Å²) in [5.41, 5.74) is 0. The molecule has 0 saturated carbocycles. The van der Waals surface area contributed by atoms with Gasteiger partial charge in [-0.25, -0.2) is 9.36 Å². The molecule has 0 spiro atoms. The van der Waals surface area contributed by atoms with Gasteiger partial charge in [-0.1, -0.05) is 59.0 Å². The van der Waals surface area contributed by atoms with E-state index >= 15 is 0 Å². The molecule has 0 fully saturated rings. The van der Waals surface area contributed by atoms with Crippen LogP contribution in [-0.2, 0) is 27.7 Å². The largest absolute Gasteiger partial charge is 0.474 e. The van der Waals surface area contributed by atoms with Crippen molar-refractivity contribution in [1.29, 1.82) is 0 Å². The summed E-state index contributed by atoms with van der Waals surface area (Å²) in [5.74, 6) is -0.547. The molecule has 0 rings (SSSR count). The van der Waals surface area contributed by atoms with Gasteiger partial charge in [-0.05, 0) is 12.8 Å². The van der Waals surface area contributed by atoms with Crippen LogP contribution in [0.5, 0.6) is 0 Å². The zero-order valence-electron chi connectivity index (χ0n) is 15.2. The normalized spacial score (nSPS) is 11.4. The maximum absolute atomic E-state index is 12.6. The third-order valence-electron chi connectivity index (χ3n) is 3.24. The maximum Gasteiger partial charge on any atom is 0.474 e. The van der Waals surface area contributed by atoms with E-state index in [1.165, 1.54) is 0 Å². The minimum atomic E-state index is -3.60. The van der Waals surface area contributed by atoms with Crippen LogP contribution in [0.15, 0.2) is 12.7 Å². The molecular formula is C17H33O6P. The van der Waals surface area contributed by atoms with Crippen LogP contribution in [0.2, 0.25) is 0 Å². The number of hydrogen-bond acceptors (Lipinski definition) is 6. The number of rotatable bonds is 17. The van der Waals surface area contributed by atoms with E-state index in [-0.39, 0.29) is 13.2 Å². The summed E-state index contributed by atoms with van der Waals surface area (Å²) in [7, 11) is -3.60. The Bertz CT molecular complexity index is 354. The molecule has 0 atom stereocenters. The molecule has 0 aliphatic carbocycles. The number of phosphoric acid groups is 1. The summed E-state index contributed by atoms with van der Waals surface area (Å²) < 4.78 is 33.3. The van der Waals surface area contributed by atoms with E-state index in [9.17, 15) is 9.36 Å². The van der Waals surface area contributed by atoms with E-state index in [1.54, 1.807) is 0 Å². The lowest BCUT2D eigenvalue weighted by molar-refractivity contribution is -0.138. The second-order valence-corrected chi connectivity index (χ2v) is 7.11. The molecule has 0 aromatic heterocycles. The quantitative estimate of drug-likeness (QED) is 0.156. The third kappa shape index (κ3) is 13.7. The van der Waals surface area contributed by atoms with Gasteiger partial charge in [0.2, 0.25) is 0 Å². The van der Waals surface area contributed by atoms with Crippen LogP contribution in [0, 0.1) is 0 Å². The summed E-state index contributed by atoms with van der Waals surface area (Å²) in [6.07, 6.45) is 9.20. The maximum atomic E-state index is 12.6. The Morgan fingerprint density at radius 3 is 1.79 bits per heavy atom. The summed E-state index contributed by atoms with van der Waals surface area (Å²) in [6, 6.07) is 0. The highest BCUT2D eigenvalue weighted by Crippen LogP contribution is 2.49. The second-order valence-electron chi connectivity index (χ2n) is 5.44. The fraction of sp³-hybridized carbons (Fsp3) is 0.824. The van der Waals surface area contributed by atoms with Gasteiger partial charge >= 0.3 is 13.8 Å². The van der Waals surface area contributed by atoms with E-state index < -0.39 is 13.8 Å². The van der Waals surface area contributed by atoms with Crippen LogP contribution in [0.4, 0.5) is 0 Å². The molecule has 0 heterocycles. The van der Waals surface area contributed by atoms with Gasteiger partial charge in [-0.2, -0.15) is 0 Å². The second kappa shape index (κ2) is 15.8. The number of hydrogen-bond donors (Lipinski definition) is 0. The first-order chi connectivity index (χ1) is 11.6. The van der Waals surface area contributed by atoms with Crippen molar-refractivity contribution in [3.63, 3.8) is 0 Å². The van der Waals surface area contributed by atoms with Gasteiger partial charge in [0.05, 0.1) is 19.8 Å². The molecular weight excluding hydrogens is 331 g/mol. The third-order valence-corrected chi connectivity index (χ3v) is 4.73. The molecule has 0 saturated heterocycles. The Morgan fingerprint density at radius 2 is 1.33 bits per heavy atom. The highest BCUT2D eigenvalue weighted by atomic mass is 31.2. The van der Waals surface area contributed by atoms with Crippen molar-refractivity contribution < 1.29 is 27.7 Å². The molecule has 0 aromatic carbocycles. The number of ether oxygens (including phenoxy) is 1. The van der Waals surface area contributed by atoms with Crippen molar-refractivity contribution in [2.24, 2.45) is 0 Å². The summed E-state index contributed by atoms with van der Waals surface area (Å²) >= 11 is 0. The molecule has 6 nitrogen and oxygen atoms in total. The Kier molecular flexibility index (Phi) is 15.4. The summed E-state index contributed by atoms with van der Waals surface area (Å²) in [5, 5.41) is 0. The fourth-order valence-corrected chi connectivity index (χ4v) is 3.10. The lowest BCUT2D eigenvalue weighted by Crippen LogP contribution is -2.10. The van der Waals surface area contributed by atoms with E-state index in [1.807, 2.05) is 0 Å². The van der Waals surface area contributed by atoms with Gasteiger partial charge in [-0.3, -0.25) is 13.6 Å². The summed E-state index contributed by atoms with van der Waals surface area (Å²) in [6.45, 7) is 8.15. The number of carbonyl (C=O) groups excluding carboxylic acids is 1. The van der Waals surface area contributed by atoms with Crippen LogP contribution in [-0.4, -0.2) is 32.4 Å². The molecule has 0 bridgehead atoms. The molecule has 0 aliphatic heterocycles. The zero-order valence-corrected chi connectivity index (χ0v) is 16.1. The average Bonchev–Trinajstić information content (AvgIpc) is 2.58. The molecule has 0 unspecified atom stereocenters. The topological polar surface area (TPSA) is 71.1 Å². The smallest absolute Gasteiger partial charge is 0.460 e. The Balaban J connectivity index is 4.16. The van der Waals surface area contributed by atoms with Crippen molar-refractivity contribution in [1.82, 2.24) is 0 Å². The van der Waals surface area contributed by atoms with E-state index in [0.717, 1.165) is 57.4 Å². The molecule has 7 heteroatoms. The number of esters is 1. The number of unbranched alkanes of at least 4 members (excludes halogenated alkanes) is 6. The predicted octanol–water partition coefficient (Wildman–Crippen LogP) is 5.03. The van der Waals surface area contributed by atoms with Gasteiger partial charge in [0, 0.05) is 6.08 Å². The molecule has 0 aliphatic rings. The van der Waals surface area contributed by atoms with Crippen molar-refractivity contribution in [2.75, 3.05) is 26.4 Å². The van der Waals surface area contributed by atoms with Crippen molar-refractivity contribution >= 4 is 13.8 Å². The van der Waals surface area contributed by atoms with Crippen LogP contribution in [0.25, 0.3) is 0 Å². The molecule has 0 N–H and O–H groups in total. The highest BCUT2D eigenvalue weighted by Gasteiger charge is 2.26. The standard InChI is InChI=1S/C17H33O6P/c1-4-7-9-11-13-21-24(19,22-14-12-10-8-5-2)23-16-15-20-17(18)6-3/h6H,3-5,7-16H2,1-2H3. The molecule has 0 aromatic rings. The first-order valence-electron chi connectivity index (χ1n) is 8.90. The van der Waals surface area contributed by atoms with Gasteiger partial charge in [-0.15, -0.1) is 0 Å². The van der Waals surface area contributed by atoms with Crippen LogP contribution >= 0.6 is 7.82 Å². The van der Waals surface area contributed by atoms with Gasteiger partial charge in [0.15, 0.2) is 0 Å². The average molecular weight is 364 g/mol. The molecule has 0 radical (unpaired) electrons. The first-order valence-corrected chi connectivity index (χ1v) is 10.4. The Labute approximate surface area is 146 Å². The monoisotopic (exact) mass is 364 g/mol. The zero-order chi connectivity index (χ0) is 18.1. The van der Waals surface area contributed by atoms with E-state index in [0.29, 0.717) is 13.2 Å². The van der Waals surface area contributed by atoms with E-state index in [4.69, 9.17) is 18.3 Å². The van der Waals surface area contributed by atoms with Crippen molar-refractivity contribution in [3.8, 4) is 0 Å². The Morgan fingerprint density at radius 1 is 0.833 bits per heavy atom. The number of phosphoric ester groups is 1.